The van der Waals surface area contributed by atoms with Crippen molar-refractivity contribution in [1.29, 1.82) is 0 Å². The Morgan fingerprint density at radius 3 is 2.32 bits per heavy atom. The van der Waals surface area contributed by atoms with Crippen LogP contribution in [0.1, 0.15) is 23.7 Å². The Bertz CT molecular complexity index is 757. The highest BCUT2D eigenvalue weighted by molar-refractivity contribution is 6.02. The maximum Gasteiger partial charge on any atom is 0.329 e. The van der Waals surface area contributed by atoms with Crippen molar-refractivity contribution in [2.75, 3.05) is 6.61 Å². The zero-order chi connectivity index (χ0) is 18.2. The van der Waals surface area contributed by atoms with Gasteiger partial charge in [0.1, 0.15) is 6.61 Å². The lowest BCUT2D eigenvalue weighted by Gasteiger charge is -2.16. The van der Waals surface area contributed by atoms with Crippen molar-refractivity contribution >= 4 is 17.8 Å². The maximum atomic E-state index is 12.6. The number of aliphatic carboxylic acids is 1. The summed E-state index contributed by atoms with van der Waals surface area (Å²) in [6.45, 7) is 1.19. The third-order valence-electron chi connectivity index (χ3n) is 3.56. The first-order chi connectivity index (χ1) is 12.0. The van der Waals surface area contributed by atoms with Gasteiger partial charge < -0.3 is 15.2 Å². The molecule has 1 atom stereocenters. The van der Waals surface area contributed by atoms with Crippen molar-refractivity contribution < 1.29 is 24.2 Å². The van der Waals surface area contributed by atoms with Crippen molar-refractivity contribution in [2.24, 2.45) is 0 Å². The molecule has 0 fully saturated rings. The zero-order valence-corrected chi connectivity index (χ0v) is 13.8. The van der Waals surface area contributed by atoms with Crippen LogP contribution in [-0.4, -0.2) is 35.6 Å². The summed E-state index contributed by atoms with van der Waals surface area (Å²) < 4.78 is 4.83. The van der Waals surface area contributed by atoms with Crippen LogP contribution in [0.25, 0.3) is 11.1 Å². The van der Waals surface area contributed by atoms with Gasteiger partial charge in [0, 0.05) is 12.0 Å². The summed E-state index contributed by atoms with van der Waals surface area (Å²) >= 11 is 0. The average molecular weight is 341 g/mol. The molecule has 0 saturated carbocycles. The fraction of sp³-hybridized carbons (Fsp3) is 0.211. The summed E-state index contributed by atoms with van der Waals surface area (Å²) in [4.78, 5) is 35.1. The van der Waals surface area contributed by atoms with Gasteiger partial charge in [-0.3, -0.25) is 9.59 Å². The molecule has 0 aliphatic heterocycles. The second kappa shape index (κ2) is 8.63. The highest BCUT2D eigenvalue weighted by Crippen LogP contribution is 2.23. The number of hydrogen-bond donors (Lipinski definition) is 2. The van der Waals surface area contributed by atoms with Crippen LogP contribution in [0.3, 0.4) is 0 Å². The van der Waals surface area contributed by atoms with E-state index in [9.17, 15) is 19.5 Å². The normalized spacial score (nSPS) is 11.4. The van der Waals surface area contributed by atoms with Gasteiger partial charge in [0.15, 0.2) is 6.04 Å². The van der Waals surface area contributed by atoms with E-state index in [4.69, 9.17) is 4.74 Å². The Balaban J connectivity index is 2.19. The van der Waals surface area contributed by atoms with Crippen molar-refractivity contribution in [3.8, 4) is 11.1 Å². The van der Waals surface area contributed by atoms with Crippen LogP contribution < -0.4 is 5.32 Å². The van der Waals surface area contributed by atoms with Crippen molar-refractivity contribution in [3.05, 3.63) is 60.2 Å². The Morgan fingerprint density at radius 1 is 1.04 bits per heavy atom. The number of benzene rings is 2. The highest BCUT2D eigenvalue weighted by atomic mass is 16.5. The largest absolute Gasteiger partial charge is 0.480 e. The third-order valence-corrected chi connectivity index (χ3v) is 3.56. The number of carbonyl (C=O) groups excluding carboxylic acids is 2. The molecule has 0 unspecified atom stereocenters. The molecule has 0 aromatic heterocycles. The van der Waals surface area contributed by atoms with Crippen LogP contribution in [0.15, 0.2) is 54.6 Å². The van der Waals surface area contributed by atoms with Gasteiger partial charge in [-0.15, -0.1) is 0 Å². The van der Waals surface area contributed by atoms with Gasteiger partial charge in [0.25, 0.3) is 5.91 Å². The van der Waals surface area contributed by atoms with Crippen LogP contribution in [0.2, 0.25) is 0 Å². The number of esters is 1. The number of carboxylic acid groups (broad SMARTS) is 1. The van der Waals surface area contributed by atoms with E-state index in [-0.39, 0.29) is 6.42 Å². The second-order valence-corrected chi connectivity index (χ2v) is 5.31. The molecule has 2 aromatic rings. The molecule has 2 aromatic carbocycles. The Morgan fingerprint density at radius 2 is 1.68 bits per heavy atom. The Kier molecular flexibility index (Phi) is 6.28. The first kappa shape index (κ1) is 18.2. The van der Waals surface area contributed by atoms with Gasteiger partial charge >= 0.3 is 11.9 Å². The molecular weight excluding hydrogens is 322 g/mol. The molecule has 2 N–H and O–H groups in total. The summed E-state index contributed by atoms with van der Waals surface area (Å²) in [6.07, 6.45) is 0.136. The molecule has 1 amide bonds. The number of carboxylic acids is 1. The molecule has 130 valence electrons. The molecule has 25 heavy (non-hydrogen) atoms. The molecule has 0 heterocycles. The van der Waals surface area contributed by atoms with E-state index in [0.29, 0.717) is 11.1 Å². The summed E-state index contributed by atoms with van der Waals surface area (Å²) in [7, 11) is 0. The molecule has 0 aliphatic carbocycles. The highest BCUT2D eigenvalue weighted by Gasteiger charge is 2.23. The smallest absolute Gasteiger partial charge is 0.329 e. The van der Waals surface area contributed by atoms with Crippen LogP contribution in [0.5, 0.6) is 0 Å². The third kappa shape index (κ3) is 4.91. The number of rotatable bonds is 7. The van der Waals surface area contributed by atoms with Gasteiger partial charge in [0.05, 0.1) is 0 Å². The molecule has 6 nitrogen and oxygen atoms in total. The lowest BCUT2D eigenvalue weighted by Crippen LogP contribution is -2.44. The fourth-order valence-corrected chi connectivity index (χ4v) is 2.24. The quantitative estimate of drug-likeness (QED) is 0.755. The van der Waals surface area contributed by atoms with Crippen LogP contribution >= 0.6 is 0 Å². The summed E-state index contributed by atoms with van der Waals surface area (Å²) in [5.41, 5.74) is 1.88. The Hall–Kier alpha value is -3.15. The summed E-state index contributed by atoms with van der Waals surface area (Å²) in [6, 6.07) is 14.9. The van der Waals surface area contributed by atoms with E-state index in [1.807, 2.05) is 30.3 Å². The minimum Gasteiger partial charge on any atom is -0.480 e. The SMILES string of the molecule is CCC(=O)OC[C@H](NC(=O)c1ccccc1-c1ccccc1)C(=O)O. The van der Waals surface area contributed by atoms with Gasteiger partial charge in [-0.05, 0) is 17.2 Å². The second-order valence-electron chi connectivity index (χ2n) is 5.31. The summed E-state index contributed by atoms with van der Waals surface area (Å²) in [5.74, 6) is -2.33. The van der Waals surface area contributed by atoms with E-state index in [1.54, 1.807) is 31.2 Å². The van der Waals surface area contributed by atoms with Crippen LogP contribution in [-0.2, 0) is 14.3 Å². The fourth-order valence-electron chi connectivity index (χ4n) is 2.24. The van der Waals surface area contributed by atoms with E-state index in [1.165, 1.54) is 0 Å². The van der Waals surface area contributed by atoms with Crippen LogP contribution in [0, 0.1) is 0 Å². The first-order valence-electron chi connectivity index (χ1n) is 7.86. The predicted molar refractivity (Wildman–Crippen MR) is 92.0 cm³/mol. The van der Waals surface area contributed by atoms with Gasteiger partial charge in [0.2, 0.25) is 0 Å². The summed E-state index contributed by atoms with van der Waals surface area (Å²) in [5, 5.41) is 11.6. The van der Waals surface area contributed by atoms with Gasteiger partial charge in [-0.2, -0.15) is 0 Å². The lowest BCUT2D eigenvalue weighted by molar-refractivity contribution is -0.148. The number of ether oxygens (including phenoxy) is 1. The van der Waals surface area contributed by atoms with E-state index < -0.39 is 30.5 Å². The number of nitrogens with one attached hydrogen (secondary N) is 1. The van der Waals surface area contributed by atoms with Crippen molar-refractivity contribution in [2.45, 2.75) is 19.4 Å². The molecule has 0 saturated heterocycles. The standard InChI is InChI=1S/C19H19NO5/c1-2-17(21)25-12-16(19(23)24)20-18(22)15-11-7-6-10-14(15)13-8-4-3-5-9-13/h3-11,16H,2,12H2,1H3,(H,20,22)(H,23,24)/t16-/m0/s1. The monoisotopic (exact) mass is 341 g/mol. The molecule has 6 heteroatoms. The lowest BCUT2D eigenvalue weighted by atomic mass is 9.99. The maximum absolute atomic E-state index is 12.6. The van der Waals surface area contributed by atoms with E-state index in [2.05, 4.69) is 5.32 Å². The number of hydrogen-bond acceptors (Lipinski definition) is 4. The molecule has 0 spiro atoms. The van der Waals surface area contributed by atoms with E-state index >= 15 is 0 Å². The minimum atomic E-state index is -1.31. The molecule has 0 aliphatic rings. The zero-order valence-electron chi connectivity index (χ0n) is 13.8. The van der Waals surface area contributed by atoms with Crippen molar-refractivity contribution in [1.82, 2.24) is 5.32 Å². The first-order valence-corrected chi connectivity index (χ1v) is 7.86. The van der Waals surface area contributed by atoms with Gasteiger partial charge in [-0.1, -0.05) is 55.5 Å². The van der Waals surface area contributed by atoms with Gasteiger partial charge in [-0.25, -0.2) is 4.79 Å². The number of amides is 1. The minimum absolute atomic E-state index is 0.136. The predicted octanol–water partition coefficient (Wildman–Crippen LogP) is 2.49. The Labute approximate surface area is 145 Å². The molecular formula is C19H19NO5. The molecule has 0 radical (unpaired) electrons. The number of carbonyl (C=O) groups is 3. The van der Waals surface area contributed by atoms with E-state index in [0.717, 1.165) is 5.56 Å². The topological polar surface area (TPSA) is 92.7 Å². The average Bonchev–Trinajstić information content (AvgIpc) is 2.65. The van der Waals surface area contributed by atoms with Crippen LogP contribution in [0.4, 0.5) is 0 Å². The molecule has 2 rings (SSSR count). The van der Waals surface area contributed by atoms with Crippen molar-refractivity contribution in [3.63, 3.8) is 0 Å². The molecule has 0 bridgehead atoms.